The molecule has 16 heavy (non-hydrogen) atoms. The van der Waals surface area contributed by atoms with E-state index < -0.39 is 0 Å². The fourth-order valence-electron chi connectivity index (χ4n) is 1.04. The topological polar surface area (TPSA) is 50.7 Å². The summed E-state index contributed by atoms with van der Waals surface area (Å²) in [5.74, 6) is 2.66. The van der Waals surface area contributed by atoms with E-state index in [-0.39, 0.29) is 0 Å². The van der Waals surface area contributed by atoms with Gasteiger partial charge in [-0.25, -0.2) is 0 Å². The van der Waals surface area contributed by atoms with Crippen molar-refractivity contribution in [1.82, 2.24) is 15.0 Å². The Labute approximate surface area is 105 Å². The highest BCUT2D eigenvalue weighted by Gasteiger charge is 2.05. The fraction of sp³-hybridized carbons (Fsp3) is 0.700. The summed E-state index contributed by atoms with van der Waals surface area (Å²) in [4.78, 5) is 13.1. The first kappa shape index (κ1) is 13.6. The molecule has 0 aliphatic carbocycles. The van der Waals surface area contributed by atoms with Crippen molar-refractivity contribution < 1.29 is 0 Å². The van der Waals surface area contributed by atoms with E-state index in [1.807, 2.05) is 0 Å². The van der Waals surface area contributed by atoms with Gasteiger partial charge in [0.2, 0.25) is 5.95 Å². The molecule has 1 rings (SSSR count). The molecule has 0 atom stereocenters. The average molecular weight is 258 g/mol. The van der Waals surface area contributed by atoms with E-state index in [4.69, 9.17) is 0 Å². The van der Waals surface area contributed by atoms with Gasteiger partial charge >= 0.3 is 0 Å². The van der Waals surface area contributed by atoms with Gasteiger partial charge < -0.3 is 5.32 Å². The number of nitrogens with zero attached hydrogens (tertiary/aromatic N) is 3. The summed E-state index contributed by atoms with van der Waals surface area (Å²) in [7, 11) is 0. The number of aromatic nitrogens is 3. The molecule has 1 aromatic rings. The van der Waals surface area contributed by atoms with Crippen molar-refractivity contribution in [2.24, 2.45) is 0 Å². The maximum absolute atomic E-state index is 4.38. The molecule has 0 spiro atoms. The maximum Gasteiger partial charge on any atom is 0.227 e. The van der Waals surface area contributed by atoms with Crippen LogP contribution in [0.3, 0.4) is 0 Å². The smallest absolute Gasteiger partial charge is 0.227 e. The van der Waals surface area contributed by atoms with Crippen molar-refractivity contribution in [3.63, 3.8) is 0 Å². The van der Waals surface area contributed by atoms with Crippen LogP contribution in [0.15, 0.2) is 10.3 Å². The molecule has 1 heterocycles. The molecule has 0 saturated carbocycles. The number of nitrogens with one attached hydrogen (secondary N) is 1. The van der Waals surface area contributed by atoms with Crippen molar-refractivity contribution in [2.75, 3.05) is 23.4 Å². The molecule has 0 aromatic carbocycles. The quantitative estimate of drug-likeness (QED) is 0.759. The molecule has 0 amide bonds. The molecule has 0 bridgehead atoms. The van der Waals surface area contributed by atoms with E-state index in [0.717, 1.165) is 34.8 Å². The number of hydrogen-bond acceptors (Lipinski definition) is 6. The molecule has 4 nitrogen and oxygen atoms in total. The third-order valence-corrected chi connectivity index (χ3v) is 3.13. The Morgan fingerprint density at radius 1 is 0.938 bits per heavy atom. The first-order valence-corrected chi connectivity index (χ1v) is 7.52. The molecule has 0 fully saturated rings. The number of rotatable bonds is 7. The molecular weight excluding hydrogens is 240 g/mol. The van der Waals surface area contributed by atoms with Gasteiger partial charge in [-0.1, -0.05) is 44.3 Å². The van der Waals surface area contributed by atoms with Crippen LogP contribution in [-0.4, -0.2) is 33.0 Å². The second-order valence-electron chi connectivity index (χ2n) is 3.02. The summed E-state index contributed by atoms with van der Waals surface area (Å²) >= 11 is 3.29. The van der Waals surface area contributed by atoms with Gasteiger partial charge in [0.15, 0.2) is 10.3 Å². The predicted molar refractivity (Wildman–Crippen MR) is 71.4 cm³/mol. The van der Waals surface area contributed by atoms with Gasteiger partial charge in [-0.15, -0.1) is 0 Å². The first-order valence-electron chi connectivity index (χ1n) is 5.55. The van der Waals surface area contributed by atoms with E-state index in [0.29, 0.717) is 5.95 Å². The van der Waals surface area contributed by atoms with Crippen molar-refractivity contribution in [3.05, 3.63) is 0 Å². The summed E-state index contributed by atoms with van der Waals surface area (Å²) in [6, 6.07) is 0. The van der Waals surface area contributed by atoms with Crippen molar-refractivity contribution in [2.45, 2.75) is 37.5 Å². The average Bonchev–Trinajstić information content (AvgIpc) is 2.27. The molecule has 0 unspecified atom stereocenters. The van der Waals surface area contributed by atoms with Crippen LogP contribution in [0.25, 0.3) is 0 Å². The number of thioether (sulfide) groups is 2. The monoisotopic (exact) mass is 258 g/mol. The van der Waals surface area contributed by atoms with Crippen molar-refractivity contribution in [1.29, 1.82) is 0 Å². The van der Waals surface area contributed by atoms with Crippen LogP contribution >= 0.6 is 23.5 Å². The van der Waals surface area contributed by atoms with Crippen LogP contribution in [0, 0.1) is 0 Å². The Morgan fingerprint density at radius 2 is 1.50 bits per heavy atom. The second-order valence-corrected chi connectivity index (χ2v) is 5.48. The van der Waals surface area contributed by atoms with E-state index in [9.17, 15) is 0 Å². The molecule has 1 N–H and O–H groups in total. The molecule has 0 radical (unpaired) electrons. The highest BCUT2D eigenvalue weighted by molar-refractivity contribution is 7.99. The molecular formula is C10H18N4S2. The Kier molecular flexibility index (Phi) is 6.56. The van der Waals surface area contributed by atoms with Crippen LogP contribution in [0.5, 0.6) is 0 Å². The zero-order valence-electron chi connectivity index (χ0n) is 9.99. The third-order valence-electron chi connectivity index (χ3n) is 1.67. The zero-order chi connectivity index (χ0) is 11.8. The molecule has 0 saturated heterocycles. The Morgan fingerprint density at radius 3 is 1.94 bits per heavy atom. The predicted octanol–water partition coefficient (Wildman–Crippen LogP) is 2.92. The minimum atomic E-state index is 0.698. The molecule has 1 aromatic heterocycles. The lowest BCUT2D eigenvalue weighted by Gasteiger charge is -2.06. The summed E-state index contributed by atoms with van der Waals surface area (Å²) in [5.41, 5.74) is 0. The lowest BCUT2D eigenvalue weighted by molar-refractivity contribution is 0.796. The van der Waals surface area contributed by atoms with Crippen LogP contribution in [0.4, 0.5) is 5.95 Å². The molecule has 0 aliphatic heterocycles. The van der Waals surface area contributed by atoms with Gasteiger partial charge in [0, 0.05) is 6.54 Å². The zero-order valence-corrected chi connectivity index (χ0v) is 11.6. The van der Waals surface area contributed by atoms with Crippen LogP contribution in [-0.2, 0) is 0 Å². The van der Waals surface area contributed by atoms with E-state index in [2.05, 4.69) is 41.0 Å². The molecule has 90 valence electrons. The third kappa shape index (κ3) is 4.57. The van der Waals surface area contributed by atoms with Crippen molar-refractivity contribution in [3.8, 4) is 0 Å². The lowest BCUT2D eigenvalue weighted by atomic mass is 10.5. The highest BCUT2D eigenvalue weighted by Crippen LogP contribution is 2.19. The maximum atomic E-state index is 4.38. The number of hydrogen-bond donors (Lipinski definition) is 1. The van der Waals surface area contributed by atoms with Crippen LogP contribution in [0.1, 0.15) is 27.2 Å². The number of anilines is 1. The second kappa shape index (κ2) is 7.73. The Balaban J connectivity index is 2.80. The van der Waals surface area contributed by atoms with Crippen molar-refractivity contribution >= 4 is 29.5 Å². The summed E-state index contributed by atoms with van der Waals surface area (Å²) in [6.07, 6.45) is 1.07. The highest BCUT2D eigenvalue weighted by atomic mass is 32.2. The standard InChI is InChI=1S/C10H18N4S2/c1-4-7-11-8-12-9(15-5-2)14-10(13-8)16-6-3/h4-7H2,1-3H3,(H,11,12,13,14). The fourth-order valence-corrected chi connectivity index (χ4v) is 2.22. The largest absolute Gasteiger partial charge is 0.354 e. The van der Waals surface area contributed by atoms with Gasteiger partial charge in [0.05, 0.1) is 0 Å². The summed E-state index contributed by atoms with van der Waals surface area (Å²) in [6.45, 7) is 7.22. The van der Waals surface area contributed by atoms with Crippen LogP contribution in [0.2, 0.25) is 0 Å². The van der Waals surface area contributed by atoms with Gasteiger partial charge in [-0.2, -0.15) is 15.0 Å². The Hall–Kier alpha value is -0.490. The first-order chi connectivity index (χ1) is 7.80. The van der Waals surface area contributed by atoms with Gasteiger partial charge in [0.25, 0.3) is 0 Å². The minimum absolute atomic E-state index is 0.698. The Bertz CT molecular complexity index is 295. The van der Waals surface area contributed by atoms with Gasteiger partial charge in [-0.05, 0) is 17.9 Å². The van der Waals surface area contributed by atoms with E-state index >= 15 is 0 Å². The summed E-state index contributed by atoms with van der Waals surface area (Å²) in [5, 5.41) is 4.83. The minimum Gasteiger partial charge on any atom is -0.354 e. The van der Waals surface area contributed by atoms with E-state index in [1.54, 1.807) is 23.5 Å². The molecule has 6 heteroatoms. The van der Waals surface area contributed by atoms with E-state index in [1.165, 1.54) is 0 Å². The van der Waals surface area contributed by atoms with Gasteiger partial charge in [-0.3, -0.25) is 0 Å². The SMILES string of the molecule is CCCNc1nc(SCC)nc(SCC)n1. The normalized spacial score (nSPS) is 10.4. The van der Waals surface area contributed by atoms with Crippen LogP contribution < -0.4 is 5.32 Å². The lowest BCUT2D eigenvalue weighted by Crippen LogP contribution is -2.07. The van der Waals surface area contributed by atoms with Gasteiger partial charge in [0.1, 0.15) is 0 Å². The summed E-state index contributed by atoms with van der Waals surface area (Å²) < 4.78 is 0. The molecule has 0 aliphatic rings.